The van der Waals surface area contributed by atoms with Crippen LogP contribution in [0.3, 0.4) is 0 Å². The number of nitrogens with one attached hydrogen (secondary N) is 1. The first-order valence-electron chi connectivity index (χ1n) is 9.58. The monoisotopic (exact) mass is 347 g/mol. The van der Waals surface area contributed by atoms with E-state index in [1.165, 1.54) is 12.8 Å². The molecule has 0 bridgehead atoms. The lowest BCUT2D eigenvalue weighted by molar-refractivity contribution is -0.167. The van der Waals surface area contributed by atoms with E-state index in [9.17, 15) is 5.11 Å². The second kappa shape index (κ2) is 6.42. The van der Waals surface area contributed by atoms with E-state index in [4.69, 9.17) is 4.42 Å². The van der Waals surface area contributed by atoms with E-state index in [0.717, 1.165) is 19.3 Å². The summed E-state index contributed by atoms with van der Waals surface area (Å²) in [4.78, 5) is 0. The van der Waals surface area contributed by atoms with Crippen LogP contribution in [0.25, 0.3) is 0 Å². The maximum Gasteiger partial charge on any atom is 0.315 e. The molecule has 2 fully saturated rings. The molecule has 0 radical (unpaired) electrons. The molecule has 2 N–H and O–H groups in total. The van der Waals surface area contributed by atoms with Gasteiger partial charge in [-0.25, -0.2) is 0 Å². The molecule has 25 heavy (non-hydrogen) atoms. The van der Waals surface area contributed by atoms with Crippen LogP contribution in [0.5, 0.6) is 0 Å². The molecule has 5 nitrogen and oxygen atoms in total. The predicted molar refractivity (Wildman–Crippen MR) is 99.3 cm³/mol. The van der Waals surface area contributed by atoms with Crippen LogP contribution in [0.1, 0.15) is 65.7 Å². The van der Waals surface area contributed by atoms with E-state index in [1.54, 1.807) is 6.08 Å². The fourth-order valence-corrected chi connectivity index (χ4v) is 5.82. The molecule has 0 spiro atoms. The zero-order chi connectivity index (χ0) is 18.3. The first-order valence-corrected chi connectivity index (χ1v) is 9.58. The van der Waals surface area contributed by atoms with Gasteiger partial charge in [-0.1, -0.05) is 38.4 Å². The maximum atomic E-state index is 11.2. The third kappa shape index (κ3) is 3.35. The number of aromatic nitrogens is 2. The normalized spacial score (nSPS) is 37.3. The Morgan fingerprint density at radius 3 is 2.72 bits per heavy atom. The highest BCUT2D eigenvalue weighted by atomic mass is 16.4. The van der Waals surface area contributed by atoms with Crippen molar-refractivity contribution in [3.63, 3.8) is 0 Å². The van der Waals surface area contributed by atoms with Gasteiger partial charge in [-0.05, 0) is 49.4 Å². The first-order chi connectivity index (χ1) is 11.7. The van der Waals surface area contributed by atoms with Gasteiger partial charge in [0.2, 0.25) is 5.89 Å². The van der Waals surface area contributed by atoms with E-state index in [1.807, 2.05) is 6.92 Å². The van der Waals surface area contributed by atoms with Crippen molar-refractivity contribution < 1.29 is 9.52 Å². The molecule has 140 valence electrons. The molecule has 4 atom stereocenters. The smallest absolute Gasteiger partial charge is 0.315 e. The van der Waals surface area contributed by atoms with Gasteiger partial charge in [-0.2, -0.15) is 0 Å². The maximum absolute atomic E-state index is 11.2. The molecule has 1 aromatic heterocycles. The Hall–Kier alpha value is -1.36. The average molecular weight is 348 g/mol. The lowest BCUT2D eigenvalue weighted by Crippen LogP contribution is -2.58. The number of hydrogen-bond acceptors (Lipinski definition) is 5. The molecular weight excluding hydrogens is 314 g/mol. The topological polar surface area (TPSA) is 71.2 Å². The van der Waals surface area contributed by atoms with Gasteiger partial charge in [0, 0.05) is 18.9 Å². The summed E-state index contributed by atoms with van der Waals surface area (Å²) >= 11 is 0. The molecule has 2 saturated carbocycles. The number of anilines is 1. The summed E-state index contributed by atoms with van der Waals surface area (Å²) in [5.41, 5.74) is -0.262. The molecule has 0 amide bonds. The summed E-state index contributed by atoms with van der Waals surface area (Å²) in [7, 11) is 0. The number of rotatable bonds is 5. The van der Waals surface area contributed by atoms with E-state index in [0.29, 0.717) is 36.2 Å². The minimum Gasteiger partial charge on any atom is -0.408 e. The predicted octanol–water partition coefficient (Wildman–Crippen LogP) is 4.20. The SMILES string of the molecule is C=CCNc1nnc(C[C@@H]2[C@@]3(C)CCCC(C)(C)[C@@H]3CC[C@@]2(C)O)o1. The highest BCUT2D eigenvalue weighted by molar-refractivity contribution is 5.19. The molecule has 1 aromatic rings. The quantitative estimate of drug-likeness (QED) is 0.781. The van der Waals surface area contributed by atoms with Crippen LogP contribution in [-0.2, 0) is 6.42 Å². The van der Waals surface area contributed by atoms with E-state index in [2.05, 4.69) is 42.9 Å². The van der Waals surface area contributed by atoms with Gasteiger partial charge in [-0.3, -0.25) is 0 Å². The van der Waals surface area contributed by atoms with Crippen molar-refractivity contribution in [2.45, 2.75) is 71.8 Å². The van der Waals surface area contributed by atoms with Crippen molar-refractivity contribution in [2.75, 3.05) is 11.9 Å². The molecule has 1 heterocycles. The van der Waals surface area contributed by atoms with Crippen LogP contribution in [0, 0.1) is 22.7 Å². The van der Waals surface area contributed by atoms with Gasteiger partial charge in [0.05, 0.1) is 5.60 Å². The van der Waals surface area contributed by atoms with Crippen molar-refractivity contribution >= 4 is 6.01 Å². The van der Waals surface area contributed by atoms with Gasteiger partial charge in [-0.15, -0.1) is 11.7 Å². The van der Waals surface area contributed by atoms with Crippen LogP contribution in [0.4, 0.5) is 6.01 Å². The highest BCUT2D eigenvalue weighted by Crippen LogP contribution is 2.62. The van der Waals surface area contributed by atoms with Crippen LogP contribution < -0.4 is 5.32 Å². The summed E-state index contributed by atoms with van der Waals surface area (Å²) < 4.78 is 5.77. The van der Waals surface area contributed by atoms with E-state index in [-0.39, 0.29) is 11.3 Å². The summed E-state index contributed by atoms with van der Waals surface area (Å²) in [6.07, 6.45) is 8.00. The van der Waals surface area contributed by atoms with Crippen molar-refractivity contribution in [3.05, 3.63) is 18.5 Å². The molecule has 2 aliphatic rings. The summed E-state index contributed by atoms with van der Waals surface area (Å²) in [6.45, 7) is 13.4. The second-order valence-corrected chi connectivity index (χ2v) is 9.22. The van der Waals surface area contributed by atoms with Crippen molar-refractivity contribution in [2.24, 2.45) is 22.7 Å². The molecule has 0 aliphatic heterocycles. The van der Waals surface area contributed by atoms with Gasteiger partial charge >= 0.3 is 6.01 Å². The van der Waals surface area contributed by atoms with E-state index >= 15 is 0 Å². The average Bonchev–Trinajstić information content (AvgIpc) is 2.96. The molecule has 2 aliphatic carbocycles. The summed E-state index contributed by atoms with van der Waals surface area (Å²) in [6, 6.07) is 0.427. The zero-order valence-electron chi connectivity index (χ0n) is 16.1. The van der Waals surface area contributed by atoms with Gasteiger partial charge in [0.25, 0.3) is 0 Å². The van der Waals surface area contributed by atoms with Crippen molar-refractivity contribution in [1.29, 1.82) is 0 Å². The third-order valence-electron chi connectivity index (χ3n) is 7.01. The number of aliphatic hydroxyl groups is 1. The lowest BCUT2D eigenvalue weighted by Gasteiger charge is -2.61. The Morgan fingerprint density at radius 2 is 2.00 bits per heavy atom. The fraction of sp³-hybridized carbons (Fsp3) is 0.800. The molecular formula is C20H33N3O2. The summed E-state index contributed by atoms with van der Waals surface area (Å²) in [5.74, 6) is 1.37. The minimum atomic E-state index is -0.693. The third-order valence-corrected chi connectivity index (χ3v) is 7.01. The Labute approximate surface area is 151 Å². The van der Waals surface area contributed by atoms with Crippen molar-refractivity contribution in [1.82, 2.24) is 10.2 Å². The Morgan fingerprint density at radius 1 is 1.24 bits per heavy atom. The van der Waals surface area contributed by atoms with Gasteiger partial charge in [0.1, 0.15) is 0 Å². The van der Waals surface area contributed by atoms with Crippen molar-refractivity contribution in [3.8, 4) is 0 Å². The fourth-order valence-electron chi connectivity index (χ4n) is 5.82. The first kappa shape index (κ1) is 18.4. The highest BCUT2D eigenvalue weighted by Gasteiger charge is 2.58. The number of fused-ring (bicyclic) bond motifs is 1. The molecule has 0 saturated heterocycles. The number of hydrogen-bond donors (Lipinski definition) is 2. The molecule has 0 aromatic carbocycles. The van der Waals surface area contributed by atoms with E-state index < -0.39 is 5.60 Å². The molecule has 3 rings (SSSR count). The number of nitrogens with zero attached hydrogens (tertiary/aromatic N) is 2. The van der Waals surface area contributed by atoms with Gasteiger partial charge < -0.3 is 14.8 Å². The molecule has 5 heteroatoms. The Kier molecular flexibility index (Phi) is 4.73. The minimum absolute atomic E-state index is 0.104. The summed E-state index contributed by atoms with van der Waals surface area (Å²) in [5, 5.41) is 22.5. The van der Waals surface area contributed by atoms with Crippen LogP contribution in [-0.4, -0.2) is 27.4 Å². The van der Waals surface area contributed by atoms with Gasteiger partial charge in [0.15, 0.2) is 0 Å². The van der Waals surface area contributed by atoms with Crippen LogP contribution in [0.15, 0.2) is 17.1 Å². The van der Waals surface area contributed by atoms with Crippen LogP contribution in [0.2, 0.25) is 0 Å². The second-order valence-electron chi connectivity index (χ2n) is 9.22. The Balaban J connectivity index is 1.86. The largest absolute Gasteiger partial charge is 0.408 e. The zero-order valence-corrected chi connectivity index (χ0v) is 16.1. The molecule has 0 unspecified atom stereocenters. The lowest BCUT2D eigenvalue weighted by atomic mass is 9.45. The standard InChI is InChI=1S/C20H33N3O2/c1-6-12-21-17-23-22-16(25-17)13-15-19(4)10-7-9-18(2,3)14(19)8-11-20(15,5)24/h6,14-15,24H,1,7-13H2,2-5H3,(H,21,23)/t14-,15+,19-,20+/m0/s1. The Bertz CT molecular complexity index is 622. The van der Waals surface area contributed by atoms with Crippen LogP contribution >= 0.6 is 0 Å².